The maximum Gasteiger partial charge on any atom is 0.328 e. The molecule has 3 nitrogen and oxygen atoms in total. The number of benzene rings is 1. The lowest BCUT2D eigenvalue weighted by atomic mass is 10.0. The van der Waals surface area contributed by atoms with Gasteiger partial charge in [0.05, 0.1) is 10.7 Å². The lowest BCUT2D eigenvalue weighted by Gasteiger charge is -2.33. The van der Waals surface area contributed by atoms with Crippen LogP contribution in [0.25, 0.3) is 6.08 Å². The van der Waals surface area contributed by atoms with E-state index < -0.39 is 5.97 Å². The van der Waals surface area contributed by atoms with Crippen molar-refractivity contribution >= 4 is 29.3 Å². The van der Waals surface area contributed by atoms with Crippen molar-refractivity contribution in [3.63, 3.8) is 0 Å². The van der Waals surface area contributed by atoms with Crippen molar-refractivity contribution < 1.29 is 9.90 Å². The minimum Gasteiger partial charge on any atom is -0.478 e. The highest BCUT2D eigenvalue weighted by atomic mass is 35.5. The molecule has 0 bridgehead atoms. The summed E-state index contributed by atoms with van der Waals surface area (Å²) in [6, 6.07) is 6.15. The van der Waals surface area contributed by atoms with Crippen LogP contribution in [0.4, 0.5) is 5.69 Å². The lowest BCUT2D eigenvalue weighted by molar-refractivity contribution is -0.131. The number of halogens is 1. The Morgan fingerprint density at radius 3 is 2.95 bits per heavy atom. The summed E-state index contributed by atoms with van der Waals surface area (Å²) in [4.78, 5) is 13.2. The molecule has 114 valence electrons. The molecular weight excluding hydrogens is 286 g/mol. The highest BCUT2D eigenvalue weighted by Crippen LogP contribution is 2.35. The quantitative estimate of drug-likeness (QED) is 0.827. The van der Waals surface area contributed by atoms with Gasteiger partial charge in [0.1, 0.15) is 0 Å². The van der Waals surface area contributed by atoms with Crippen molar-refractivity contribution in [3.8, 4) is 0 Å². The predicted molar refractivity (Wildman–Crippen MR) is 88.0 cm³/mol. The molecule has 2 rings (SSSR count). The molecule has 0 spiro atoms. The van der Waals surface area contributed by atoms with Gasteiger partial charge in [-0.1, -0.05) is 43.5 Å². The second kappa shape index (κ2) is 7.51. The van der Waals surface area contributed by atoms with Crippen LogP contribution in [0.15, 0.2) is 24.3 Å². The summed E-state index contributed by atoms with van der Waals surface area (Å²) < 4.78 is 0. The number of aliphatic carboxylic acids is 1. The predicted octanol–water partition coefficient (Wildman–Crippen LogP) is 4.60. The van der Waals surface area contributed by atoms with E-state index in [1.165, 1.54) is 25.3 Å². The molecule has 1 unspecified atom stereocenters. The van der Waals surface area contributed by atoms with Gasteiger partial charge in [-0.25, -0.2) is 4.79 Å². The van der Waals surface area contributed by atoms with Gasteiger partial charge in [-0.3, -0.25) is 0 Å². The number of nitrogens with zero attached hydrogens (tertiary/aromatic N) is 1. The molecule has 0 amide bonds. The molecule has 1 saturated heterocycles. The second-order valence-corrected chi connectivity index (χ2v) is 5.86. The Kier molecular flexibility index (Phi) is 5.68. The van der Waals surface area contributed by atoms with Crippen LogP contribution in [0.1, 0.15) is 44.6 Å². The van der Waals surface area contributed by atoms with Gasteiger partial charge in [0, 0.05) is 18.7 Å². The zero-order valence-electron chi connectivity index (χ0n) is 12.4. The Hall–Kier alpha value is -1.48. The van der Waals surface area contributed by atoms with E-state index >= 15 is 0 Å². The van der Waals surface area contributed by atoms with Crippen molar-refractivity contribution in [1.82, 2.24) is 0 Å². The number of para-hydroxylation sites is 1. The number of carboxylic acids is 1. The average Bonchev–Trinajstić information content (AvgIpc) is 2.70. The molecule has 1 N–H and O–H groups in total. The number of anilines is 1. The second-order valence-electron chi connectivity index (χ2n) is 5.45. The van der Waals surface area contributed by atoms with Gasteiger partial charge in [-0.15, -0.1) is 0 Å². The van der Waals surface area contributed by atoms with Crippen molar-refractivity contribution in [1.29, 1.82) is 0 Å². The SMILES string of the molecule is CCC1CCCCCN1c1c(Cl)cccc1/C=C/C(=O)O. The molecule has 1 heterocycles. The van der Waals surface area contributed by atoms with Gasteiger partial charge >= 0.3 is 5.97 Å². The number of rotatable bonds is 4. The number of carbonyl (C=O) groups is 1. The zero-order chi connectivity index (χ0) is 15.2. The van der Waals surface area contributed by atoms with E-state index in [9.17, 15) is 4.79 Å². The molecule has 1 aliphatic rings. The smallest absolute Gasteiger partial charge is 0.328 e. The highest BCUT2D eigenvalue weighted by molar-refractivity contribution is 6.33. The van der Waals surface area contributed by atoms with E-state index in [1.54, 1.807) is 6.08 Å². The summed E-state index contributed by atoms with van der Waals surface area (Å²) in [5.41, 5.74) is 1.86. The fourth-order valence-corrected chi connectivity index (χ4v) is 3.32. The summed E-state index contributed by atoms with van der Waals surface area (Å²) in [5, 5.41) is 9.55. The van der Waals surface area contributed by atoms with Crippen LogP contribution >= 0.6 is 11.6 Å². The summed E-state index contributed by atoms with van der Waals surface area (Å²) in [6.07, 6.45) is 8.72. The van der Waals surface area contributed by atoms with Gasteiger partial charge in [-0.05, 0) is 37.0 Å². The zero-order valence-corrected chi connectivity index (χ0v) is 13.1. The van der Waals surface area contributed by atoms with Gasteiger partial charge in [0.25, 0.3) is 0 Å². The number of hydrogen-bond donors (Lipinski definition) is 1. The summed E-state index contributed by atoms with van der Waals surface area (Å²) in [5.74, 6) is -0.941. The molecule has 21 heavy (non-hydrogen) atoms. The molecule has 0 aliphatic carbocycles. The van der Waals surface area contributed by atoms with Gasteiger partial charge in [0.2, 0.25) is 0 Å². The van der Waals surface area contributed by atoms with Crippen molar-refractivity contribution in [2.24, 2.45) is 0 Å². The lowest BCUT2D eigenvalue weighted by Crippen LogP contribution is -2.35. The minimum atomic E-state index is -0.941. The molecule has 1 aliphatic heterocycles. The first-order valence-corrected chi connectivity index (χ1v) is 7.97. The molecule has 1 aromatic rings. The van der Waals surface area contributed by atoms with Gasteiger partial charge in [-0.2, -0.15) is 0 Å². The molecule has 1 aromatic carbocycles. The normalized spacial score (nSPS) is 19.7. The van der Waals surface area contributed by atoms with Crippen LogP contribution in [-0.2, 0) is 4.79 Å². The maximum atomic E-state index is 10.8. The van der Waals surface area contributed by atoms with E-state index in [4.69, 9.17) is 16.7 Å². The molecule has 1 atom stereocenters. The first-order valence-electron chi connectivity index (χ1n) is 7.59. The average molecular weight is 308 g/mol. The topological polar surface area (TPSA) is 40.5 Å². The third kappa shape index (κ3) is 4.01. The summed E-state index contributed by atoms with van der Waals surface area (Å²) in [7, 11) is 0. The summed E-state index contributed by atoms with van der Waals surface area (Å²) >= 11 is 6.43. The fourth-order valence-electron chi connectivity index (χ4n) is 3.03. The monoisotopic (exact) mass is 307 g/mol. The molecule has 1 fully saturated rings. The van der Waals surface area contributed by atoms with Crippen LogP contribution in [0.2, 0.25) is 5.02 Å². The third-order valence-electron chi connectivity index (χ3n) is 4.06. The first kappa shape index (κ1) is 15.9. The van der Waals surface area contributed by atoms with Gasteiger partial charge in [0.15, 0.2) is 0 Å². The van der Waals surface area contributed by atoms with Crippen molar-refractivity contribution in [3.05, 3.63) is 34.9 Å². The Bertz CT molecular complexity index is 528. The molecule has 0 saturated carbocycles. The molecular formula is C17H22ClNO2. The summed E-state index contributed by atoms with van der Waals surface area (Å²) in [6.45, 7) is 3.18. The Morgan fingerprint density at radius 2 is 2.24 bits per heavy atom. The van der Waals surface area contributed by atoms with E-state index in [0.29, 0.717) is 11.1 Å². The molecule has 0 aromatic heterocycles. The van der Waals surface area contributed by atoms with Crippen LogP contribution < -0.4 is 4.90 Å². The Morgan fingerprint density at radius 1 is 1.43 bits per heavy atom. The van der Waals surface area contributed by atoms with E-state index in [0.717, 1.165) is 30.6 Å². The first-order chi connectivity index (χ1) is 10.1. The van der Waals surface area contributed by atoms with E-state index in [2.05, 4.69) is 11.8 Å². The van der Waals surface area contributed by atoms with Crippen molar-refractivity contribution in [2.75, 3.05) is 11.4 Å². The van der Waals surface area contributed by atoms with E-state index in [1.807, 2.05) is 18.2 Å². The standard InChI is InChI=1S/C17H22ClNO2/c1-2-14-8-4-3-5-12-19(14)17-13(10-11-16(20)21)7-6-9-15(17)18/h6-7,9-11,14H,2-5,8,12H2,1H3,(H,20,21)/b11-10+. The van der Waals surface area contributed by atoms with Gasteiger partial charge < -0.3 is 10.0 Å². The molecule has 4 heteroatoms. The highest BCUT2D eigenvalue weighted by Gasteiger charge is 2.23. The van der Waals surface area contributed by atoms with Crippen LogP contribution in [0, 0.1) is 0 Å². The fraction of sp³-hybridized carbons (Fsp3) is 0.471. The third-order valence-corrected chi connectivity index (χ3v) is 4.36. The molecule has 0 radical (unpaired) electrons. The largest absolute Gasteiger partial charge is 0.478 e. The van der Waals surface area contributed by atoms with Crippen molar-refractivity contribution in [2.45, 2.75) is 45.1 Å². The van der Waals surface area contributed by atoms with Crippen LogP contribution in [0.5, 0.6) is 0 Å². The number of carboxylic acid groups (broad SMARTS) is 1. The van der Waals surface area contributed by atoms with Crippen LogP contribution in [-0.4, -0.2) is 23.7 Å². The Labute approximate surface area is 131 Å². The number of hydrogen-bond acceptors (Lipinski definition) is 2. The minimum absolute atomic E-state index is 0.476. The Balaban J connectivity index is 2.42. The maximum absolute atomic E-state index is 10.8. The van der Waals surface area contributed by atoms with Crippen LogP contribution in [0.3, 0.4) is 0 Å². The van der Waals surface area contributed by atoms with E-state index in [-0.39, 0.29) is 0 Å².